The predicted molar refractivity (Wildman–Crippen MR) is 115 cm³/mol. The molecule has 0 aliphatic rings. The lowest BCUT2D eigenvalue weighted by Gasteiger charge is -2.19. The van der Waals surface area contributed by atoms with Gasteiger partial charge in [0.15, 0.2) is 5.78 Å². The second-order valence-corrected chi connectivity index (χ2v) is 8.44. The van der Waals surface area contributed by atoms with Crippen molar-refractivity contribution in [3.05, 3.63) is 35.4 Å². The second kappa shape index (κ2) is 12.0. The molecule has 0 bridgehead atoms. The van der Waals surface area contributed by atoms with Crippen LogP contribution in [0.4, 0.5) is 0 Å². The molecule has 0 aliphatic heterocycles. The minimum Gasteiger partial charge on any atom is -0.480 e. The van der Waals surface area contributed by atoms with Crippen molar-refractivity contribution in [2.45, 2.75) is 32.4 Å². The summed E-state index contributed by atoms with van der Waals surface area (Å²) in [6.45, 7) is 3.96. The highest BCUT2D eigenvalue weighted by Gasteiger charge is 2.24. The van der Waals surface area contributed by atoms with E-state index < -0.39 is 65.1 Å². The highest BCUT2D eigenvalue weighted by atomic mass is 32.2. The van der Waals surface area contributed by atoms with E-state index in [4.69, 9.17) is 15.6 Å². The van der Waals surface area contributed by atoms with E-state index in [9.17, 15) is 28.8 Å². The minimum atomic E-state index is -1.62. The van der Waals surface area contributed by atoms with Crippen LogP contribution in [0.3, 0.4) is 0 Å². The first-order valence-electron chi connectivity index (χ1n) is 9.35. The number of carbonyl (C=O) groups is 6. The van der Waals surface area contributed by atoms with Crippen LogP contribution in [0.2, 0.25) is 0 Å². The number of amides is 2. The highest BCUT2D eigenvalue weighted by molar-refractivity contribution is 8.14. The monoisotopic (exact) mass is 467 g/mol. The maximum Gasteiger partial charge on any atom is 0.338 e. The number of rotatable bonds is 10. The van der Waals surface area contributed by atoms with Crippen LogP contribution in [-0.2, 0) is 23.9 Å². The molecule has 0 unspecified atom stereocenters. The molecule has 5 N–H and O–H groups in total. The van der Waals surface area contributed by atoms with E-state index in [-0.39, 0.29) is 11.1 Å². The number of ketones is 1. The maximum absolute atomic E-state index is 12.4. The van der Waals surface area contributed by atoms with Crippen LogP contribution in [-0.4, -0.2) is 70.2 Å². The molecule has 12 heteroatoms. The van der Waals surface area contributed by atoms with Crippen LogP contribution >= 0.6 is 11.8 Å². The molecule has 32 heavy (non-hydrogen) atoms. The molecule has 1 atom stereocenters. The molecule has 1 aromatic rings. The molecular formula is C20H25N3O8S. The molecule has 174 valence electrons. The van der Waals surface area contributed by atoms with E-state index in [1.54, 1.807) is 20.8 Å². The van der Waals surface area contributed by atoms with Crippen LogP contribution in [0.15, 0.2) is 24.3 Å². The van der Waals surface area contributed by atoms with E-state index in [0.29, 0.717) is 11.8 Å². The van der Waals surface area contributed by atoms with Gasteiger partial charge < -0.3 is 26.2 Å². The molecule has 0 fully saturated rings. The lowest BCUT2D eigenvalue weighted by Crippen LogP contribution is -2.49. The predicted octanol–water partition coefficient (Wildman–Crippen LogP) is -0.271. The number of carboxylic acid groups (broad SMARTS) is 1. The van der Waals surface area contributed by atoms with Gasteiger partial charge >= 0.3 is 11.9 Å². The molecule has 0 spiro atoms. The van der Waals surface area contributed by atoms with Crippen molar-refractivity contribution >= 4 is 46.4 Å². The van der Waals surface area contributed by atoms with Gasteiger partial charge in [-0.15, -0.1) is 0 Å². The van der Waals surface area contributed by atoms with Crippen molar-refractivity contribution in [3.63, 3.8) is 0 Å². The van der Waals surface area contributed by atoms with Crippen LogP contribution < -0.4 is 16.4 Å². The smallest absolute Gasteiger partial charge is 0.338 e. The van der Waals surface area contributed by atoms with Gasteiger partial charge in [-0.1, -0.05) is 23.9 Å². The Bertz CT molecular complexity index is 910. The summed E-state index contributed by atoms with van der Waals surface area (Å²) in [6, 6.07) is 4.19. The van der Waals surface area contributed by atoms with Gasteiger partial charge in [-0.3, -0.25) is 24.0 Å². The quantitative estimate of drug-likeness (QED) is 0.264. The first-order chi connectivity index (χ1) is 14.8. The number of esters is 1. The molecule has 11 nitrogen and oxygen atoms in total. The topological polar surface area (TPSA) is 182 Å². The number of aliphatic carboxylic acids is 1. The van der Waals surface area contributed by atoms with Crippen molar-refractivity contribution in [3.8, 4) is 0 Å². The average molecular weight is 468 g/mol. The van der Waals surface area contributed by atoms with Crippen LogP contribution in [0.1, 0.15) is 41.5 Å². The standard InChI is InChI=1S/C20H25N3O8S/c1-20(2,3)31-18(29)11-5-4-6-12(7-11)19(30)32-10-13(24)16(21)17(28)23-8-14(25)22-9-15(26)27/h4-7,16H,8-10,21H2,1-3H3,(H,22,25)(H,23,28)(H,26,27)/t16-/m0/s1. The third-order valence-corrected chi connectivity index (χ3v) is 4.49. The fourth-order valence-corrected chi connectivity index (χ4v) is 2.83. The molecule has 2 amide bonds. The third kappa shape index (κ3) is 9.71. The summed E-state index contributed by atoms with van der Waals surface area (Å²) in [4.78, 5) is 70.2. The first-order valence-corrected chi connectivity index (χ1v) is 10.3. The molecule has 0 heterocycles. The summed E-state index contributed by atoms with van der Waals surface area (Å²) < 4.78 is 5.25. The third-order valence-electron chi connectivity index (χ3n) is 3.57. The Kier molecular flexibility index (Phi) is 10.0. The number of thioether (sulfide) groups is 1. The largest absolute Gasteiger partial charge is 0.480 e. The molecule has 0 saturated heterocycles. The Labute approximate surface area is 188 Å². The van der Waals surface area contributed by atoms with Crippen molar-refractivity contribution < 1.29 is 38.6 Å². The second-order valence-electron chi connectivity index (χ2n) is 7.49. The van der Waals surface area contributed by atoms with Gasteiger partial charge in [0.05, 0.1) is 17.9 Å². The maximum atomic E-state index is 12.4. The Balaban J connectivity index is 2.58. The number of carboxylic acids is 1. The van der Waals surface area contributed by atoms with Crippen LogP contribution in [0, 0.1) is 0 Å². The number of ether oxygens (including phenoxy) is 1. The summed E-state index contributed by atoms with van der Waals surface area (Å²) >= 11 is 0.608. The SMILES string of the molecule is CC(C)(C)OC(=O)c1cccc(C(=O)SCC(=O)[C@H](N)C(=O)NCC(=O)NCC(=O)O)c1. The highest BCUT2D eigenvalue weighted by Crippen LogP contribution is 2.17. The number of hydrogen-bond donors (Lipinski definition) is 4. The molecule has 0 saturated carbocycles. The zero-order chi connectivity index (χ0) is 24.5. The van der Waals surface area contributed by atoms with E-state index in [0.717, 1.165) is 0 Å². The first kappa shape index (κ1) is 26.8. The average Bonchev–Trinajstić information content (AvgIpc) is 2.72. The van der Waals surface area contributed by atoms with Gasteiger partial charge in [-0.2, -0.15) is 0 Å². The zero-order valence-corrected chi connectivity index (χ0v) is 18.6. The molecule has 0 aliphatic carbocycles. The lowest BCUT2D eigenvalue weighted by molar-refractivity contribution is -0.137. The van der Waals surface area contributed by atoms with E-state index in [1.165, 1.54) is 24.3 Å². The number of hydrogen-bond acceptors (Lipinski definition) is 9. The summed E-state index contributed by atoms with van der Waals surface area (Å²) in [5.41, 5.74) is 5.18. The summed E-state index contributed by atoms with van der Waals surface area (Å²) in [5.74, 6) is -4.73. The molecule has 0 aromatic heterocycles. The Morgan fingerprint density at radius 3 is 2.28 bits per heavy atom. The van der Waals surface area contributed by atoms with Crippen molar-refractivity contribution in [2.75, 3.05) is 18.8 Å². The number of nitrogens with one attached hydrogen (secondary N) is 2. The fraction of sp³-hybridized carbons (Fsp3) is 0.400. The fourth-order valence-electron chi connectivity index (χ4n) is 2.08. The zero-order valence-electron chi connectivity index (χ0n) is 17.8. The normalized spacial score (nSPS) is 11.8. The van der Waals surface area contributed by atoms with Gasteiger partial charge in [0.1, 0.15) is 18.2 Å². The number of carbonyl (C=O) groups excluding carboxylic acids is 5. The molecular weight excluding hydrogens is 442 g/mol. The Morgan fingerprint density at radius 1 is 1.06 bits per heavy atom. The van der Waals surface area contributed by atoms with E-state index in [2.05, 4.69) is 5.32 Å². The van der Waals surface area contributed by atoms with Crippen LogP contribution in [0.5, 0.6) is 0 Å². The Morgan fingerprint density at radius 2 is 1.69 bits per heavy atom. The van der Waals surface area contributed by atoms with Crippen molar-refractivity contribution in [2.24, 2.45) is 5.73 Å². The number of benzene rings is 1. The van der Waals surface area contributed by atoms with Gasteiger partial charge in [0, 0.05) is 5.56 Å². The molecule has 1 rings (SSSR count). The minimum absolute atomic E-state index is 0.166. The number of nitrogens with two attached hydrogens (primary N) is 1. The summed E-state index contributed by atoms with van der Waals surface area (Å²) in [7, 11) is 0. The van der Waals surface area contributed by atoms with Crippen molar-refractivity contribution in [1.29, 1.82) is 0 Å². The summed E-state index contributed by atoms with van der Waals surface area (Å²) in [6.07, 6.45) is 0. The van der Waals surface area contributed by atoms with Crippen molar-refractivity contribution in [1.82, 2.24) is 10.6 Å². The Hall–Kier alpha value is -3.25. The van der Waals surface area contributed by atoms with E-state index in [1.807, 2.05) is 5.32 Å². The van der Waals surface area contributed by atoms with Gasteiger partial charge in [-0.25, -0.2) is 4.79 Å². The molecule has 0 radical (unpaired) electrons. The van der Waals surface area contributed by atoms with E-state index >= 15 is 0 Å². The van der Waals surface area contributed by atoms with Gasteiger partial charge in [-0.05, 0) is 32.9 Å². The summed E-state index contributed by atoms with van der Waals surface area (Å²) in [5, 5.41) is 12.1. The lowest BCUT2D eigenvalue weighted by atomic mass is 10.1. The number of Topliss-reactive ketones (excluding diaryl/α,β-unsaturated/α-hetero) is 1. The van der Waals surface area contributed by atoms with Gasteiger partial charge in [0.2, 0.25) is 16.9 Å². The van der Waals surface area contributed by atoms with Gasteiger partial charge in [0.25, 0.3) is 0 Å². The van der Waals surface area contributed by atoms with Crippen LogP contribution in [0.25, 0.3) is 0 Å². The molecule has 1 aromatic carbocycles.